The Morgan fingerprint density at radius 2 is 1.91 bits per heavy atom. The van der Waals surface area contributed by atoms with E-state index in [0.717, 1.165) is 11.3 Å². The van der Waals surface area contributed by atoms with Crippen molar-refractivity contribution in [1.82, 2.24) is 0 Å². The summed E-state index contributed by atoms with van der Waals surface area (Å²) in [7, 11) is 1.62. The third-order valence-electron chi connectivity index (χ3n) is 3.01. The Labute approximate surface area is 130 Å². The summed E-state index contributed by atoms with van der Waals surface area (Å²) in [4.78, 5) is 4.33. The van der Waals surface area contributed by atoms with Crippen LogP contribution in [-0.4, -0.2) is 19.7 Å². The zero-order valence-corrected chi connectivity index (χ0v) is 12.9. The summed E-state index contributed by atoms with van der Waals surface area (Å²) in [6.07, 6.45) is 0. The Morgan fingerprint density at radius 1 is 1.14 bits per heavy atom. The molecule has 0 aromatic heterocycles. The smallest absolute Gasteiger partial charge is 0.193 e. The first kappa shape index (κ1) is 15.7. The second kappa shape index (κ2) is 7.93. The highest BCUT2D eigenvalue weighted by molar-refractivity contribution is 5.92. The van der Waals surface area contributed by atoms with E-state index in [1.807, 2.05) is 55.5 Å². The average Bonchev–Trinajstić information content (AvgIpc) is 2.54. The Hall–Kier alpha value is -2.69. The van der Waals surface area contributed by atoms with Gasteiger partial charge in [-0.2, -0.15) is 0 Å². The Balaban J connectivity index is 2.03. The van der Waals surface area contributed by atoms with Gasteiger partial charge in [0.05, 0.1) is 20.3 Å². The van der Waals surface area contributed by atoms with Crippen molar-refractivity contribution in [1.29, 1.82) is 0 Å². The van der Waals surface area contributed by atoms with Gasteiger partial charge >= 0.3 is 0 Å². The molecule has 0 saturated carbocycles. The third kappa shape index (κ3) is 4.41. The number of hydrogen-bond acceptors (Lipinski definition) is 3. The largest absolute Gasteiger partial charge is 0.493 e. The number of anilines is 1. The molecule has 0 fully saturated rings. The number of para-hydroxylation sites is 1. The quantitative estimate of drug-likeness (QED) is 0.635. The molecular formula is C17H21N3O2. The molecule has 0 unspecified atom stereocenters. The first-order chi connectivity index (χ1) is 10.7. The summed E-state index contributed by atoms with van der Waals surface area (Å²) < 4.78 is 10.8. The summed E-state index contributed by atoms with van der Waals surface area (Å²) in [5.41, 5.74) is 7.80. The summed E-state index contributed by atoms with van der Waals surface area (Å²) in [5, 5.41) is 3.05. The molecule has 0 radical (unpaired) electrons. The summed E-state index contributed by atoms with van der Waals surface area (Å²) >= 11 is 0. The number of ether oxygens (including phenoxy) is 2. The van der Waals surface area contributed by atoms with E-state index in [9.17, 15) is 0 Å². The van der Waals surface area contributed by atoms with Crippen LogP contribution in [0.2, 0.25) is 0 Å². The van der Waals surface area contributed by atoms with Gasteiger partial charge < -0.3 is 20.5 Å². The second-order valence-corrected chi connectivity index (χ2v) is 4.61. The van der Waals surface area contributed by atoms with Crippen LogP contribution in [-0.2, 0) is 6.54 Å². The van der Waals surface area contributed by atoms with Crippen LogP contribution in [0.15, 0.2) is 53.5 Å². The summed E-state index contributed by atoms with van der Waals surface area (Å²) in [6, 6.07) is 15.4. The number of rotatable bonds is 6. The van der Waals surface area contributed by atoms with Crippen LogP contribution in [0.1, 0.15) is 12.5 Å². The third-order valence-corrected chi connectivity index (χ3v) is 3.01. The van der Waals surface area contributed by atoms with Gasteiger partial charge in [-0.3, -0.25) is 0 Å². The molecule has 22 heavy (non-hydrogen) atoms. The number of nitrogens with two attached hydrogens (primary N) is 1. The minimum atomic E-state index is 0.375. The number of hydrogen-bond donors (Lipinski definition) is 2. The number of methoxy groups -OCH3 is 1. The standard InChI is InChI=1S/C17H21N3O2/c1-3-22-16-11-13(9-10-15(16)21-2)12-19-17(18)20-14-7-5-4-6-8-14/h4-11H,3,12H2,1-2H3,(H3,18,19,20). The molecule has 116 valence electrons. The van der Waals surface area contributed by atoms with Crippen molar-refractivity contribution in [2.24, 2.45) is 10.7 Å². The van der Waals surface area contributed by atoms with Crippen molar-refractivity contribution in [3.8, 4) is 11.5 Å². The molecule has 2 aromatic rings. The molecule has 0 bridgehead atoms. The maximum atomic E-state index is 5.89. The maximum Gasteiger partial charge on any atom is 0.193 e. The fourth-order valence-corrected chi connectivity index (χ4v) is 1.97. The molecule has 0 aliphatic rings. The molecule has 0 atom stereocenters. The molecule has 2 aromatic carbocycles. The van der Waals surface area contributed by atoms with Gasteiger partial charge in [-0.25, -0.2) is 4.99 Å². The van der Waals surface area contributed by atoms with Crippen LogP contribution in [0.5, 0.6) is 11.5 Å². The van der Waals surface area contributed by atoms with Gasteiger partial charge in [-0.1, -0.05) is 24.3 Å². The van der Waals surface area contributed by atoms with Gasteiger partial charge in [0.25, 0.3) is 0 Å². The predicted molar refractivity (Wildman–Crippen MR) is 89.6 cm³/mol. The normalized spacial score (nSPS) is 11.1. The van der Waals surface area contributed by atoms with Crippen LogP contribution in [0, 0.1) is 0 Å². The fraction of sp³-hybridized carbons (Fsp3) is 0.235. The minimum Gasteiger partial charge on any atom is -0.493 e. The molecule has 0 heterocycles. The molecule has 5 heteroatoms. The molecule has 0 amide bonds. The SMILES string of the molecule is CCOc1cc(CN=C(N)Nc2ccccc2)ccc1OC. The van der Waals surface area contributed by atoms with Crippen LogP contribution in [0.3, 0.4) is 0 Å². The summed E-state index contributed by atoms with van der Waals surface area (Å²) in [6.45, 7) is 2.99. The van der Waals surface area contributed by atoms with Gasteiger partial charge in [0.2, 0.25) is 0 Å². The Kier molecular flexibility index (Phi) is 5.65. The lowest BCUT2D eigenvalue weighted by atomic mass is 10.2. The van der Waals surface area contributed by atoms with Gasteiger partial charge in [-0.15, -0.1) is 0 Å². The molecule has 0 saturated heterocycles. The molecule has 0 spiro atoms. The predicted octanol–water partition coefficient (Wildman–Crippen LogP) is 3.02. The van der Waals surface area contributed by atoms with Crippen molar-refractivity contribution in [3.63, 3.8) is 0 Å². The summed E-state index contributed by atoms with van der Waals surface area (Å²) in [5.74, 6) is 1.80. The van der Waals surface area contributed by atoms with Gasteiger partial charge in [0, 0.05) is 5.69 Å². The molecule has 3 N–H and O–H groups in total. The lowest BCUT2D eigenvalue weighted by molar-refractivity contribution is 0.310. The highest BCUT2D eigenvalue weighted by Crippen LogP contribution is 2.28. The monoisotopic (exact) mass is 299 g/mol. The van der Waals surface area contributed by atoms with Crippen molar-refractivity contribution < 1.29 is 9.47 Å². The van der Waals surface area contributed by atoms with E-state index in [1.165, 1.54) is 0 Å². The molecule has 0 aliphatic heterocycles. The topological polar surface area (TPSA) is 68.9 Å². The van der Waals surface area contributed by atoms with E-state index < -0.39 is 0 Å². The number of guanidine groups is 1. The fourth-order valence-electron chi connectivity index (χ4n) is 1.97. The van der Waals surface area contributed by atoms with E-state index in [-0.39, 0.29) is 0 Å². The number of aliphatic imine (C=N–C) groups is 1. The molecule has 0 aliphatic carbocycles. The number of benzene rings is 2. The first-order valence-corrected chi connectivity index (χ1v) is 7.14. The first-order valence-electron chi connectivity index (χ1n) is 7.14. The van der Waals surface area contributed by atoms with Crippen LogP contribution in [0.4, 0.5) is 5.69 Å². The lowest BCUT2D eigenvalue weighted by Crippen LogP contribution is -2.22. The lowest BCUT2D eigenvalue weighted by Gasteiger charge is -2.10. The van der Waals surface area contributed by atoms with Crippen molar-refractivity contribution in [2.75, 3.05) is 19.0 Å². The van der Waals surface area contributed by atoms with Crippen molar-refractivity contribution in [2.45, 2.75) is 13.5 Å². The Bertz CT molecular complexity index is 627. The van der Waals surface area contributed by atoms with E-state index in [1.54, 1.807) is 7.11 Å². The average molecular weight is 299 g/mol. The minimum absolute atomic E-state index is 0.375. The van der Waals surface area contributed by atoms with Gasteiger partial charge in [0.1, 0.15) is 0 Å². The molecule has 5 nitrogen and oxygen atoms in total. The Morgan fingerprint density at radius 3 is 2.59 bits per heavy atom. The molecular weight excluding hydrogens is 278 g/mol. The van der Waals surface area contributed by atoms with Crippen LogP contribution in [0.25, 0.3) is 0 Å². The van der Waals surface area contributed by atoms with Crippen LogP contribution < -0.4 is 20.5 Å². The second-order valence-electron chi connectivity index (χ2n) is 4.61. The van der Waals surface area contributed by atoms with E-state index in [0.29, 0.717) is 30.6 Å². The number of nitrogens with zero attached hydrogens (tertiary/aromatic N) is 1. The highest BCUT2D eigenvalue weighted by atomic mass is 16.5. The van der Waals surface area contributed by atoms with Crippen LogP contribution >= 0.6 is 0 Å². The zero-order valence-electron chi connectivity index (χ0n) is 12.9. The van der Waals surface area contributed by atoms with E-state index in [4.69, 9.17) is 15.2 Å². The highest BCUT2D eigenvalue weighted by Gasteiger charge is 2.05. The van der Waals surface area contributed by atoms with Gasteiger partial charge in [0.15, 0.2) is 17.5 Å². The molecule has 2 rings (SSSR count). The zero-order chi connectivity index (χ0) is 15.8. The van der Waals surface area contributed by atoms with Crippen molar-refractivity contribution in [3.05, 3.63) is 54.1 Å². The van der Waals surface area contributed by atoms with Gasteiger partial charge in [-0.05, 0) is 36.8 Å². The van der Waals surface area contributed by atoms with Crippen molar-refractivity contribution >= 4 is 11.6 Å². The maximum absolute atomic E-state index is 5.89. The van der Waals surface area contributed by atoms with E-state index >= 15 is 0 Å². The van der Waals surface area contributed by atoms with E-state index in [2.05, 4.69) is 10.3 Å². The number of nitrogens with one attached hydrogen (secondary N) is 1.